The minimum atomic E-state index is -4.39. The van der Waals surface area contributed by atoms with Gasteiger partial charge in [-0.25, -0.2) is 9.67 Å². The van der Waals surface area contributed by atoms with E-state index in [1.54, 1.807) is 31.2 Å². The number of nitrogens with zero attached hydrogens (tertiary/aromatic N) is 5. The summed E-state index contributed by atoms with van der Waals surface area (Å²) in [4.78, 5) is 3.76. The Kier molecular flexibility index (Phi) is 5.60. The van der Waals surface area contributed by atoms with Crippen LogP contribution in [0.5, 0.6) is 0 Å². The summed E-state index contributed by atoms with van der Waals surface area (Å²) >= 11 is 1.17. The number of thiazole rings is 1. The van der Waals surface area contributed by atoms with Crippen LogP contribution in [0, 0.1) is 6.92 Å². The molecule has 0 fully saturated rings. The molecule has 5 aromatic rings. The largest absolute Gasteiger partial charge is 0.382 e. The zero-order chi connectivity index (χ0) is 25.8. The molecule has 0 bridgehead atoms. The highest BCUT2D eigenvalue weighted by Crippen LogP contribution is 2.34. The van der Waals surface area contributed by atoms with Crippen molar-refractivity contribution in [3.63, 3.8) is 0 Å². The Morgan fingerprint density at radius 2 is 1.75 bits per heavy atom. The summed E-state index contributed by atoms with van der Waals surface area (Å²) in [5.74, 6) is 0.177. The summed E-state index contributed by atoms with van der Waals surface area (Å²) < 4.78 is 66.8. The van der Waals surface area contributed by atoms with E-state index in [4.69, 9.17) is 5.73 Å². The van der Waals surface area contributed by atoms with Crippen LogP contribution in [0.15, 0.2) is 74.6 Å². The van der Waals surface area contributed by atoms with Crippen LogP contribution in [0.25, 0.3) is 26.7 Å². The lowest BCUT2D eigenvalue weighted by molar-refractivity contribution is 0.481. The second-order valence-corrected chi connectivity index (χ2v) is 11.5. The number of aromatic nitrogens is 3. The van der Waals surface area contributed by atoms with Gasteiger partial charge in [0.2, 0.25) is 5.13 Å². The second-order valence-electron chi connectivity index (χ2n) is 7.67. The number of anilines is 1. The number of nitrogens with two attached hydrogens (primary N) is 1. The number of azo groups is 1. The Hall–Kier alpha value is -3.76. The smallest absolute Gasteiger partial charge is 0.295 e. The summed E-state index contributed by atoms with van der Waals surface area (Å²) in [6.07, 6.45) is 0. The molecule has 12 nitrogen and oxygen atoms in total. The van der Waals surface area contributed by atoms with E-state index in [9.17, 15) is 25.9 Å². The van der Waals surface area contributed by atoms with Crippen molar-refractivity contribution >= 4 is 69.2 Å². The van der Waals surface area contributed by atoms with Crippen molar-refractivity contribution in [3.8, 4) is 5.69 Å². The van der Waals surface area contributed by atoms with Gasteiger partial charge in [-0.15, -0.1) is 10.2 Å². The monoisotopic (exact) mass is 544 g/mol. The molecule has 0 atom stereocenters. The summed E-state index contributed by atoms with van der Waals surface area (Å²) in [6.45, 7) is 1.69. The van der Waals surface area contributed by atoms with Gasteiger partial charge in [-0.1, -0.05) is 29.5 Å². The van der Waals surface area contributed by atoms with Gasteiger partial charge >= 0.3 is 0 Å². The molecule has 0 saturated heterocycles. The highest BCUT2D eigenvalue weighted by Gasteiger charge is 2.17. The van der Waals surface area contributed by atoms with Crippen LogP contribution in [0.1, 0.15) is 5.69 Å². The SMILES string of the molecule is Cc1nn(-c2ccc3c(S(=O)(=O)O)cccc3c2)c(N)c1N=Nc1nc2cc(S(=O)(=O)O)ccc2s1. The van der Waals surface area contributed by atoms with Gasteiger partial charge in [-0.2, -0.15) is 21.9 Å². The van der Waals surface area contributed by atoms with Crippen LogP contribution in [0.4, 0.5) is 16.6 Å². The molecule has 3 aromatic carbocycles. The maximum atomic E-state index is 11.7. The molecule has 184 valence electrons. The molecule has 0 unspecified atom stereocenters. The normalized spacial score (nSPS) is 12.8. The molecular formula is C21H16N6O6S3. The highest BCUT2D eigenvalue weighted by molar-refractivity contribution is 7.86. The van der Waals surface area contributed by atoms with Crippen molar-refractivity contribution in [2.75, 3.05) is 5.73 Å². The van der Waals surface area contributed by atoms with E-state index in [-0.39, 0.29) is 20.7 Å². The predicted octanol–water partition coefficient (Wildman–Crippen LogP) is 4.43. The van der Waals surface area contributed by atoms with Gasteiger partial charge in [0.05, 0.1) is 26.5 Å². The Morgan fingerprint density at radius 1 is 0.972 bits per heavy atom. The first-order valence-electron chi connectivity index (χ1n) is 10.1. The van der Waals surface area contributed by atoms with Gasteiger partial charge < -0.3 is 5.73 Å². The van der Waals surface area contributed by atoms with Crippen molar-refractivity contribution in [1.29, 1.82) is 0 Å². The van der Waals surface area contributed by atoms with Gasteiger partial charge in [0.1, 0.15) is 4.90 Å². The summed E-state index contributed by atoms with van der Waals surface area (Å²) in [7, 11) is -8.75. The van der Waals surface area contributed by atoms with E-state index in [2.05, 4.69) is 20.3 Å². The third-order valence-electron chi connectivity index (χ3n) is 5.29. The number of rotatable bonds is 5. The average Bonchev–Trinajstić information content (AvgIpc) is 3.34. The topological polar surface area (TPSA) is 190 Å². The Morgan fingerprint density at radius 3 is 2.47 bits per heavy atom. The van der Waals surface area contributed by atoms with Crippen LogP contribution in [-0.2, 0) is 20.2 Å². The maximum absolute atomic E-state index is 11.7. The van der Waals surface area contributed by atoms with Crippen LogP contribution < -0.4 is 5.73 Å². The van der Waals surface area contributed by atoms with Crippen molar-refractivity contribution in [1.82, 2.24) is 14.8 Å². The first-order chi connectivity index (χ1) is 16.9. The lowest BCUT2D eigenvalue weighted by atomic mass is 10.1. The maximum Gasteiger partial charge on any atom is 0.295 e. The quantitative estimate of drug-likeness (QED) is 0.212. The zero-order valence-corrected chi connectivity index (χ0v) is 20.7. The molecule has 0 aliphatic heterocycles. The predicted molar refractivity (Wildman–Crippen MR) is 134 cm³/mol. The summed E-state index contributed by atoms with van der Waals surface area (Å²) in [5.41, 5.74) is 7.92. The molecule has 15 heteroatoms. The molecular weight excluding hydrogens is 528 g/mol. The molecule has 5 rings (SSSR count). The molecule has 0 amide bonds. The molecule has 36 heavy (non-hydrogen) atoms. The standard InChI is InChI=1S/C21H16N6O6S3/c1-11-19(24-25-21-23-16-10-14(35(28,29)30)6-8-17(16)34-21)20(22)27(26-11)13-5-7-15-12(9-13)3-2-4-18(15)36(31,32)33/h2-10H,22H2,1H3,(H,28,29,30)(H,31,32,33). The van der Waals surface area contributed by atoms with Gasteiger partial charge in [0, 0.05) is 5.39 Å². The third kappa shape index (κ3) is 4.33. The Balaban J connectivity index is 1.51. The first-order valence-corrected chi connectivity index (χ1v) is 13.8. The molecule has 4 N–H and O–H groups in total. The molecule has 0 radical (unpaired) electrons. The molecule has 2 aromatic heterocycles. The van der Waals surface area contributed by atoms with E-state index >= 15 is 0 Å². The number of benzene rings is 3. The molecule has 0 aliphatic carbocycles. The van der Waals surface area contributed by atoms with Crippen molar-refractivity contribution in [2.45, 2.75) is 16.7 Å². The molecule has 0 spiro atoms. The number of hydrogen-bond acceptors (Lipinski definition) is 10. The lowest BCUT2D eigenvalue weighted by Crippen LogP contribution is -2.03. The van der Waals surface area contributed by atoms with Gasteiger partial charge in [-0.3, -0.25) is 9.11 Å². The highest BCUT2D eigenvalue weighted by atomic mass is 32.2. The number of fused-ring (bicyclic) bond motifs is 2. The summed E-state index contributed by atoms with van der Waals surface area (Å²) in [5, 5.41) is 13.9. The van der Waals surface area contributed by atoms with Crippen LogP contribution in [0.3, 0.4) is 0 Å². The fourth-order valence-electron chi connectivity index (χ4n) is 3.65. The summed E-state index contributed by atoms with van der Waals surface area (Å²) in [6, 6.07) is 13.4. The Bertz CT molecular complexity index is 1930. The van der Waals surface area contributed by atoms with Gasteiger partial charge in [0.15, 0.2) is 11.5 Å². The van der Waals surface area contributed by atoms with Crippen LogP contribution in [-0.4, -0.2) is 40.7 Å². The van der Waals surface area contributed by atoms with E-state index in [0.29, 0.717) is 38.1 Å². The van der Waals surface area contributed by atoms with E-state index in [0.717, 1.165) is 0 Å². The number of aryl methyl sites for hydroxylation is 1. The fourth-order valence-corrected chi connectivity index (χ4v) is 5.63. The average molecular weight is 545 g/mol. The van der Waals surface area contributed by atoms with Crippen LogP contribution >= 0.6 is 11.3 Å². The Labute approximate surface area is 208 Å². The molecule has 0 aliphatic rings. The van der Waals surface area contributed by atoms with Crippen molar-refractivity contribution in [2.24, 2.45) is 10.2 Å². The number of nitrogen functional groups attached to an aromatic ring is 1. The van der Waals surface area contributed by atoms with Crippen molar-refractivity contribution < 1.29 is 25.9 Å². The van der Waals surface area contributed by atoms with Crippen LogP contribution in [0.2, 0.25) is 0 Å². The van der Waals surface area contributed by atoms with E-state index < -0.39 is 20.2 Å². The lowest BCUT2D eigenvalue weighted by Gasteiger charge is -2.08. The first kappa shape index (κ1) is 24.0. The molecule has 0 saturated carbocycles. The zero-order valence-electron chi connectivity index (χ0n) is 18.3. The van der Waals surface area contributed by atoms with E-state index in [1.165, 1.54) is 46.4 Å². The fraction of sp³-hybridized carbons (Fsp3) is 0.0476. The van der Waals surface area contributed by atoms with E-state index in [1.807, 2.05) is 0 Å². The minimum absolute atomic E-state index is 0.177. The van der Waals surface area contributed by atoms with Gasteiger partial charge in [-0.05, 0) is 48.7 Å². The minimum Gasteiger partial charge on any atom is -0.382 e. The van der Waals surface area contributed by atoms with Gasteiger partial charge in [0.25, 0.3) is 20.2 Å². The third-order valence-corrected chi connectivity index (χ3v) is 7.97. The molecule has 2 heterocycles. The van der Waals surface area contributed by atoms with Crippen molar-refractivity contribution in [3.05, 3.63) is 60.3 Å². The number of hydrogen-bond donors (Lipinski definition) is 3. The second kappa shape index (κ2) is 8.42.